The summed E-state index contributed by atoms with van der Waals surface area (Å²) >= 11 is 0. The van der Waals surface area contributed by atoms with E-state index in [0.717, 1.165) is 0 Å². The molecule has 0 rings (SSSR count). The molecule has 0 aliphatic rings. The average molecular weight is 312 g/mol. The van der Waals surface area contributed by atoms with Gasteiger partial charge in [-0.1, -0.05) is 38.7 Å². The highest BCUT2D eigenvalue weighted by atomic mass is 16.5. The Morgan fingerprint density at radius 3 is 2.18 bits per heavy atom. The van der Waals surface area contributed by atoms with Gasteiger partial charge in [-0.25, -0.2) is 0 Å². The second-order valence-electron chi connectivity index (χ2n) is 6.71. The van der Waals surface area contributed by atoms with Crippen LogP contribution in [-0.4, -0.2) is 39.0 Å². The quantitative estimate of drug-likeness (QED) is 0.482. The van der Waals surface area contributed by atoms with Crippen molar-refractivity contribution in [1.82, 2.24) is 0 Å². The van der Waals surface area contributed by atoms with Gasteiger partial charge in [-0.05, 0) is 20.8 Å². The lowest BCUT2D eigenvalue weighted by Crippen LogP contribution is -2.38. The standard InChI is InChI=1S/C18H32O4/c1-9-10-11-15(20-7)14(3)16(21-8)13(2)12-22-17(19)18(4,5)6/h9-11,13-16H,1,12H2,2-8H3/t13-,14-,15-,16-/m0/s1. The summed E-state index contributed by atoms with van der Waals surface area (Å²) in [6, 6.07) is 0. The van der Waals surface area contributed by atoms with E-state index in [2.05, 4.69) is 13.5 Å². The summed E-state index contributed by atoms with van der Waals surface area (Å²) in [4.78, 5) is 11.9. The fourth-order valence-corrected chi connectivity index (χ4v) is 2.33. The highest BCUT2D eigenvalue weighted by Gasteiger charge is 2.31. The first-order valence-corrected chi connectivity index (χ1v) is 7.71. The molecule has 0 N–H and O–H groups in total. The molecule has 0 saturated carbocycles. The van der Waals surface area contributed by atoms with Gasteiger partial charge in [-0.3, -0.25) is 4.79 Å². The van der Waals surface area contributed by atoms with Gasteiger partial charge in [0.25, 0.3) is 0 Å². The van der Waals surface area contributed by atoms with Crippen molar-refractivity contribution < 1.29 is 19.0 Å². The molecule has 0 unspecified atom stereocenters. The van der Waals surface area contributed by atoms with Gasteiger partial charge in [0.05, 0.1) is 24.2 Å². The van der Waals surface area contributed by atoms with Crippen LogP contribution in [0.1, 0.15) is 34.6 Å². The normalized spacial score (nSPS) is 17.8. The Morgan fingerprint density at radius 1 is 1.18 bits per heavy atom. The molecule has 0 aromatic carbocycles. The zero-order valence-corrected chi connectivity index (χ0v) is 15.1. The molecule has 22 heavy (non-hydrogen) atoms. The second-order valence-corrected chi connectivity index (χ2v) is 6.71. The first kappa shape index (κ1) is 20.9. The molecule has 0 aliphatic carbocycles. The first-order valence-electron chi connectivity index (χ1n) is 7.71. The van der Waals surface area contributed by atoms with Gasteiger partial charge >= 0.3 is 5.97 Å². The summed E-state index contributed by atoms with van der Waals surface area (Å²) in [5, 5.41) is 0. The third kappa shape index (κ3) is 6.75. The smallest absolute Gasteiger partial charge is 0.311 e. The van der Waals surface area contributed by atoms with Crippen molar-refractivity contribution in [2.24, 2.45) is 17.3 Å². The summed E-state index contributed by atoms with van der Waals surface area (Å²) < 4.78 is 16.5. The molecular formula is C18H32O4. The maximum Gasteiger partial charge on any atom is 0.311 e. The minimum atomic E-state index is -0.490. The number of methoxy groups -OCH3 is 2. The minimum absolute atomic E-state index is 0.0704. The Bertz CT molecular complexity index is 368. The third-order valence-corrected chi connectivity index (χ3v) is 3.67. The summed E-state index contributed by atoms with van der Waals surface area (Å²) in [6.45, 7) is 13.6. The molecule has 0 aromatic rings. The van der Waals surface area contributed by atoms with Crippen LogP contribution in [0, 0.1) is 17.3 Å². The Balaban J connectivity index is 4.75. The van der Waals surface area contributed by atoms with Crippen molar-refractivity contribution in [3.05, 3.63) is 24.8 Å². The predicted octanol–water partition coefficient (Wildman–Crippen LogP) is 3.62. The monoisotopic (exact) mass is 312 g/mol. The van der Waals surface area contributed by atoms with Gasteiger partial charge in [0, 0.05) is 26.1 Å². The highest BCUT2D eigenvalue weighted by molar-refractivity contribution is 5.75. The molecule has 0 saturated heterocycles. The van der Waals surface area contributed by atoms with E-state index in [1.165, 1.54) is 0 Å². The predicted molar refractivity (Wildman–Crippen MR) is 89.7 cm³/mol. The largest absolute Gasteiger partial charge is 0.465 e. The van der Waals surface area contributed by atoms with E-state index in [-0.39, 0.29) is 30.0 Å². The molecule has 0 fully saturated rings. The molecule has 0 bridgehead atoms. The summed E-state index contributed by atoms with van der Waals surface area (Å²) in [7, 11) is 3.35. The topological polar surface area (TPSA) is 44.8 Å². The van der Waals surface area contributed by atoms with E-state index < -0.39 is 5.41 Å². The van der Waals surface area contributed by atoms with Crippen LogP contribution in [0.15, 0.2) is 24.8 Å². The Kier molecular flexibility index (Phi) is 9.30. The first-order chi connectivity index (χ1) is 10.2. The molecule has 4 nitrogen and oxygen atoms in total. The van der Waals surface area contributed by atoms with Crippen molar-refractivity contribution in [2.45, 2.75) is 46.8 Å². The van der Waals surface area contributed by atoms with Crippen LogP contribution >= 0.6 is 0 Å². The number of hydrogen-bond donors (Lipinski definition) is 0. The van der Waals surface area contributed by atoms with Crippen LogP contribution in [-0.2, 0) is 19.0 Å². The SMILES string of the molecule is C=CC=C[C@H](OC)[C@H](C)[C@@H](OC)[C@@H](C)COC(=O)C(C)(C)C. The molecule has 128 valence electrons. The number of ether oxygens (including phenoxy) is 3. The maximum absolute atomic E-state index is 11.9. The molecule has 0 spiro atoms. The fourth-order valence-electron chi connectivity index (χ4n) is 2.33. The Morgan fingerprint density at radius 2 is 1.77 bits per heavy atom. The number of hydrogen-bond acceptors (Lipinski definition) is 4. The minimum Gasteiger partial charge on any atom is -0.465 e. The van der Waals surface area contributed by atoms with Gasteiger partial charge in [-0.15, -0.1) is 0 Å². The average Bonchev–Trinajstić information content (AvgIpc) is 2.45. The zero-order valence-electron chi connectivity index (χ0n) is 15.1. The van der Waals surface area contributed by atoms with E-state index >= 15 is 0 Å². The Hall–Kier alpha value is -1.13. The van der Waals surface area contributed by atoms with Crippen molar-refractivity contribution in [2.75, 3.05) is 20.8 Å². The lowest BCUT2D eigenvalue weighted by Gasteiger charge is -2.32. The molecule has 4 atom stereocenters. The molecule has 0 radical (unpaired) electrons. The van der Waals surface area contributed by atoms with Crippen molar-refractivity contribution in [1.29, 1.82) is 0 Å². The highest BCUT2D eigenvalue weighted by Crippen LogP contribution is 2.24. The van der Waals surface area contributed by atoms with Crippen LogP contribution in [0.25, 0.3) is 0 Å². The number of rotatable bonds is 9. The summed E-state index contributed by atoms with van der Waals surface area (Å²) in [6.07, 6.45) is 5.38. The van der Waals surface area contributed by atoms with Crippen LogP contribution in [0.4, 0.5) is 0 Å². The molecular weight excluding hydrogens is 280 g/mol. The van der Waals surface area contributed by atoms with Crippen molar-refractivity contribution >= 4 is 5.97 Å². The lowest BCUT2D eigenvalue weighted by atomic mass is 9.89. The van der Waals surface area contributed by atoms with Crippen LogP contribution in [0.2, 0.25) is 0 Å². The van der Waals surface area contributed by atoms with Crippen LogP contribution in [0.5, 0.6) is 0 Å². The van der Waals surface area contributed by atoms with Gasteiger partial charge in [0.2, 0.25) is 0 Å². The third-order valence-electron chi connectivity index (χ3n) is 3.67. The molecule has 0 aliphatic heterocycles. The Labute approximate surface area is 135 Å². The van der Waals surface area contributed by atoms with Crippen LogP contribution < -0.4 is 0 Å². The number of allylic oxidation sites excluding steroid dienone is 2. The van der Waals surface area contributed by atoms with Gasteiger partial charge in [0.15, 0.2) is 0 Å². The number of esters is 1. The second kappa shape index (κ2) is 9.80. The number of carbonyl (C=O) groups is 1. The molecule has 0 heterocycles. The fraction of sp³-hybridized carbons (Fsp3) is 0.722. The van der Waals surface area contributed by atoms with E-state index in [4.69, 9.17) is 14.2 Å². The van der Waals surface area contributed by atoms with Gasteiger partial charge in [0.1, 0.15) is 0 Å². The molecule has 0 aromatic heterocycles. The van der Waals surface area contributed by atoms with Crippen molar-refractivity contribution in [3.63, 3.8) is 0 Å². The van der Waals surface area contributed by atoms with Gasteiger partial charge in [-0.2, -0.15) is 0 Å². The zero-order chi connectivity index (χ0) is 17.3. The molecule has 0 amide bonds. The van der Waals surface area contributed by atoms with E-state index in [9.17, 15) is 4.79 Å². The van der Waals surface area contributed by atoms with E-state index in [0.29, 0.717) is 6.61 Å². The summed E-state index contributed by atoms with van der Waals surface area (Å²) in [5.74, 6) is -0.00711. The van der Waals surface area contributed by atoms with E-state index in [1.807, 2.05) is 39.8 Å². The lowest BCUT2D eigenvalue weighted by molar-refractivity contribution is -0.156. The van der Waals surface area contributed by atoms with Gasteiger partial charge < -0.3 is 14.2 Å². The van der Waals surface area contributed by atoms with Crippen LogP contribution in [0.3, 0.4) is 0 Å². The maximum atomic E-state index is 11.9. The summed E-state index contributed by atoms with van der Waals surface area (Å²) in [5.41, 5.74) is -0.490. The van der Waals surface area contributed by atoms with Crippen molar-refractivity contribution in [3.8, 4) is 0 Å². The molecule has 4 heteroatoms. The van der Waals surface area contributed by atoms with E-state index in [1.54, 1.807) is 20.3 Å². The number of carbonyl (C=O) groups excluding carboxylic acids is 1.